The average molecular weight is 383 g/mol. The first-order valence-corrected chi connectivity index (χ1v) is 10.1. The number of aliphatic hydroxyl groups excluding tert-OH is 2. The van der Waals surface area contributed by atoms with Crippen molar-refractivity contribution in [2.75, 3.05) is 59.7 Å². The summed E-state index contributed by atoms with van der Waals surface area (Å²) < 4.78 is 10.9. The highest BCUT2D eigenvalue weighted by atomic mass is 16.5. The number of aliphatic hydroxyl groups is 2. The number of methoxy groups -OCH3 is 1. The van der Waals surface area contributed by atoms with Crippen LogP contribution < -0.4 is 10.1 Å². The topological polar surface area (TPSA) is 74.2 Å². The molecule has 0 aliphatic rings. The quantitative estimate of drug-likeness (QED) is 0.377. The van der Waals surface area contributed by atoms with Crippen LogP contribution in [0.5, 0.6) is 5.75 Å². The summed E-state index contributed by atoms with van der Waals surface area (Å²) in [5.41, 5.74) is 1.19. The van der Waals surface area contributed by atoms with Gasteiger partial charge >= 0.3 is 0 Å². The zero-order valence-electron chi connectivity index (χ0n) is 17.2. The van der Waals surface area contributed by atoms with E-state index in [2.05, 4.69) is 24.1 Å². The lowest BCUT2D eigenvalue weighted by molar-refractivity contribution is 0.0178. The number of ether oxygens (including phenoxy) is 2. The van der Waals surface area contributed by atoms with Gasteiger partial charge in [-0.3, -0.25) is 0 Å². The molecule has 0 spiro atoms. The van der Waals surface area contributed by atoms with Crippen LogP contribution in [-0.4, -0.2) is 80.9 Å². The van der Waals surface area contributed by atoms with Crippen LogP contribution in [0.2, 0.25) is 0 Å². The fourth-order valence-corrected chi connectivity index (χ4v) is 3.00. The SMILES string of the molecule is CCN(CC)CCNCC(O)COCC(CCO)Cc1ccc(OC)cc1. The minimum atomic E-state index is -0.516. The van der Waals surface area contributed by atoms with Crippen molar-refractivity contribution in [3.63, 3.8) is 0 Å². The number of benzene rings is 1. The Kier molecular flexibility index (Phi) is 13.1. The van der Waals surface area contributed by atoms with E-state index < -0.39 is 6.10 Å². The van der Waals surface area contributed by atoms with Crippen LogP contribution in [0.4, 0.5) is 0 Å². The summed E-state index contributed by atoms with van der Waals surface area (Å²) in [6.45, 7) is 9.76. The molecule has 0 radical (unpaired) electrons. The first kappa shape index (κ1) is 23.9. The number of nitrogens with one attached hydrogen (secondary N) is 1. The predicted molar refractivity (Wildman–Crippen MR) is 109 cm³/mol. The lowest BCUT2D eigenvalue weighted by Gasteiger charge is -2.20. The number of hydrogen-bond acceptors (Lipinski definition) is 6. The Labute approximate surface area is 164 Å². The molecule has 0 saturated carbocycles. The molecule has 0 aliphatic heterocycles. The van der Waals surface area contributed by atoms with E-state index in [1.165, 1.54) is 5.56 Å². The van der Waals surface area contributed by atoms with Gasteiger partial charge in [0.25, 0.3) is 0 Å². The molecular weight excluding hydrogens is 344 g/mol. The zero-order valence-corrected chi connectivity index (χ0v) is 17.2. The highest BCUT2D eigenvalue weighted by Crippen LogP contribution is 2.17. The van der Waals surface area contributed by atoms with Crippen molar-refractivity contribution in [1.82, 2.24) is 10.2 Å². The van der Waals surface area contributed by atoms with Gasteiger partial charge in [0, 0.05) is 32.8 Å². The molecule has 0 aliphatic carbocycles. The third-order valence-corrected chi connectivity index (χ3v) is 4.76. The van der Waals surface area contributed by atoms with Gasteiger partial charge in [0.05, 0.1) is 19.8 Å². The molecule has 1 aromatic rings. The maximum absolute atomic E-state index is 10.1. The van der Waals surface area contributed by atoms with E-state index >= 15 is 0 Å². The van der Waals surface area contributed by atoms with E-state index in [9.17, 15) is 10.2 Å². The summed E-state index contributed by atoms with van der Waals surface area (Å²) in [6.07, 6.45) is 1.00. The second-order valence-electron chi connectivity index (χ2n) is 6.85. The Hall–Kier alpha value is -1.18. The number of hydrogen-bond donors (Lipinski definition) is 3. The van der Waals surface area contributed by atoms with Gasteiger partial charge in [-0.25, -0.2) is 0 Å². The monoisotopic (exact) mass is 382 g/mol. The van der Waals surface area contributed by atoms with Gasteiger partial charge in [0.1, 0.15) is 5.75 Å². The fraction of sp³-hybridized carbons (Fsp3) is 0.714. The summed E-state index contributed by atoms with van der Waals surface area (Å²) in [5.74, 6) is 1.07. The molecule has 27 heavy (non-hydrogen) atoms. The maximum Gasteiger partial charge on any atom is 0.118 e. The van der Waals surface area contributed by atoms with Crippen LogP contribution in [0.15, 0.2) is 24.3 Å². The summed E-state index contributed by atoms with van der Waals surface area (Å²) in [4.78, 5) is 2.34. The van der Waals surface area contributed by atoms with Crippen LogP contribution in [-0.2, 0) is 11.2 Å². The molecule has 2 atom stereocenters. The van der Waals surface area contributed by atoms with Crippen molar-refractivity contribution in [2.24, 2.45) is 5.92 Å². The molecule has 3 N–H and O–H groups in total. The Morgan fingerprint density at radius 3 is 2.41 bits per heavy atom. The molecule has 1 aromatic carbocycles. The molecular formula is C21H38N2O4. The molecule has 2 unspecified atom stereocenters. The van der Waals surface area contributed by atoms with Crippen molar-refractivity contribution < 1.29 is 19.7 Å². The van der Waals surface area contributed by atoms with Gasteiger partial charge in [-0.1, -0.05) is 26.0 Å². The highest BCUT2D eigenvalue weighted by molar-refractivity contribution is 5.27. The number of likely N-dealkylation sites (N-methyl/N-ethyl adjacent to an activating group) is 1. The van der Waals surface area contributed by atoms with E-state index in [1.54, 1.807) is 7.11 Å². The van der Waals surface area contributed by atoms with Crippen molar-refractivity contribution in [3.05, 3.63) is 29.8 Å². The van der Waals surface area contributed by atoms with Gasteiger partial charge in [-0.15, -0.1) is 0 Å². The van der Waals surface area contributed by atoms with Gasteiger partial charge in [0.2, 0.25) is 0 Å². The molecule has 0 fully saturated rings. The third kappa shape index (κ3) is 10.7. The normalized spacial score (nSPS) is 13.7. The Bertz CT molecular complexity index is 466. The van der Waals surface area contributed by atoms with Gasteiger partial charge in [-0.05, 0) is 49.5 Å². The van der Waals surface area contributed by atoms with E-state index in [0.717, 1.165) is 38.3 Å². The molecule has 0 amide bonds. The van der Waals surface area contributed by atoms with Crippen LogP contribution in [0, 0.1) is 5.92 Å². The average Bonchev–Trinajstić information content (AvgIpc) is 2.69. The van der Waals surface area contributed by atoms with Crippen molar-refractivity contribution in [3.8, 4) is 5.75 Å². The largest absolute Gasteiger partial charge is 0.497 e. The molecule has 0 heterocycles. The molecule has 6 heteroatoms. The first-order chi connectivity index (χ1) is 13.1. The zero-order chi connectivity index (χ0) is 19.9. The Morgan fingerprint density at radius 1 is 1.11 bits per heavy atom. The van der Waals surface area contributed by atoms with Crippen molar-refractivity contribution in [2.45, 2.75) is 32.8 Å². The number of rotatable bonds is 16. The summed E-state index contributed by atoms with van der Waals surface area (Å²) in [7, 11) is 1.65. The molecule has 1 rings (SSSR count). The van der Waals surface area contributed by atoms with Gasteiger partial charge in [0.15, 0.2) is 0 Å². The third-order valence-electron chi connectivity index (χ3n) is 4.76. The molecule has 0 saturated heterocycles. The van der Waals surface area contributed by atoms with Crippen LogP contribution in [0.25, 0.3) is 0 Å². The lowest BCUT2D eigenvalue weighted by Crippen LogP contribution is -2.37. The minimum Gasteiger partial charge on any atom is -0.497 e. The molecule has 0 aromatic heterocycles. The summed E-state index contributed by atoms with van der Waals surface area (Å²) >= 11 is 0. The first-order valence-electron chi connectivity index (χ1n) is 10.1. The minimum absolute atomic E-state index is 0.139. The van der Waals surface area contributed by atoms with Crippen molar-refractivity contribution in [1.29, 1.82) is 0 Å². The summed E-state index contributed by atoms with van der Waals surface area (Å²) in [6, 6.07) is 7.97. The highest BCUT2D eigenvalue weighted by Gasteiger charge is 2.12. The predicted octanol–water partition coefficient (Wildman–Crippen LogP) is 1.55. The van der Waals surface area contributed by atoms with Crippen LogP contribution >= 0.6 is 0 Å². The van der Waals surface area contributed by atoms with E-state index in [1.807, 2.05) is 24.3 Å². The van der Waals surface area contributed by atoms with E-state index in [-0.39, 0.29) is 12.5 Å². The van der Waals surface area contributed by atoms with Crippen LogP contribution in [0.1, 0.15) is 25.8 Å². The van der Waals surface area contributed by atoms with Crippen molar-refractivity contribution >= 4 is 0 Å². The van der Waals surface area contributed by atoms with Gasteiger partial charge < -0.3 is 29.9 Å². The second-order valence-corrected chi connectivity index (χ2v) is 6.85. The molecule has 156 valence electrons. The maximum atomic E-state index is 10.1. The van der Waals surface area contributed by atoms with Gasteiger partial charge in [-0.2, -0.15) is 0 Å². The Balaban J connectivity index is 2.24. The fourth-order valence-electron chi connectivity index (χ4n) is 3.00. The smallest absolute Gasteiger partial charge is 0.118 e. The molecule has 6 nitrogen and oxygen atoms in total. The number of nitrogens with zero attached hydrogens (tertiary/aromatic N) is 1. The standard InChI is InChI=1S/C21H38N2O4/c1-4-23(5-2)12-11-22-15-20(25)17-27-16-19(10-13-24)14-18-6-8-21(26-3)9-7-18/h6-9,19-20,22,24-25H,4-5,10-17H2,1-3H3. The molecule has 0 bridgehead atoms. The van der Waals surface area contributed by atoms with Crippen LogP contribution in [0.3, 0.4) is 0 Å². The Morgan fingerprint density at radius 2 is 1.81 bits per heavy atom. The summed E-state index contributed by atoms with van der Waals surface area (Å²) in [5, 5.41) is 22.6. The lowest BCUT2D eigenvalue weighted by atomic mass is 9.97. The van der Waals surface area contributed by atoms with E-state index in [0.29, 0.717) is 26.2 Å². The van der Waals surface area contributed by atoms with E-state index in [4.69, 9.17) is 9.47 Å². The second kappa shape index (κ2) is 14.8.